The Hall–Kier alpha value is -0.930. The molecule has 0 aromatic rings. The Morgan fingerprint density at radius 1 is 1.24 bits per heavy atom. The molecule has 3 fully saturated rings. The Bertz CT molecular complexity index is 710. The van der Waals surface area contributed by atoms with Gasteiger partial charge >= 0.3 is 0 Å². The zero-order valence-corrected chi connectivity index (χ0v) is 16.0. The number of aliphatic hydroxyl groups is 1. The van der Waals surface area contributed by atoms with E-state index in [4.69, 9.17) is 11.6 Å². The van der Waals surface area contributed by atoms with Gasteiger partial charge in [0.2, 0.25) is 0 Å². The number of rotatable bonds is 1. The molecule has 1 N–H and O–H groups in total. The van der Waals surface area contributed by atoms with Crippen molar-refractivity contribution in [3.05, 3.63) is 23.8 Å². The summed E-state index contributed by atoms with van der Waals surface area (Å²) in [6.07, 6.45) is 9.45. The summed E-state index contributed by atoms with van der Waals surface area (Å²) in [5.41, 5.74) is -0.569. The van der Waals surface area contributed by atoms with Crippen LogP contribution < -0.4 is 0 Å². The molecule has 25 heavy (non-hydrogen) atoms. The molecule has 4 aliphatic rings. The van der Waals surface area contributed by atoms with Crippen molar-refractivity contribution in [2.24, 2.45) is 28.6 Å². The molecule has 4 aliphatic carbocycles. The molecular weight excluding hydrogens is 336 g/mol. The topological polar surface area (TPSA) is 54.4 Å². The van der Waals surface area contributed by atoms with Gasteiger partial charge in [0.25, 0.3) is 0 Å². The van der Waals surface area contributed by atoms with E-state index in [-0.39, 0.29) is 39.6 Å². The van der Waals surface area contributed by atoms with Crippen LogP contribution in [0, 0.1) is 28.6 Å². The van der Waals surface area contributed by atoms with E-state index in [1.807, 2.05) is 0 Å². The lowest BCUT2D eigenvalue weighted by Crippen LogP contribution is -2.58. The molecule has 0 spiro atoms. The second kappa shape index (κ2) is 5.29. The number of halogens is 1. The Kier molecular flexibility index (Phi) is 3.70. The second-order valence-electron chi connectivity index (χ2n) is 9.11. The molecule has 4 rings (SSSR count). The molecular formula is C21H27ClO3. The molecule has 0 unspecified atom stereocenters. The Labute approximate surface area is 154 Å². The minimum absolute atomic E-state index is 0.0393. The number of carbonyl (C=O) groups is 2. The summed E-state index contributed by atoms with van der Waals surface area (Å²) in [5.74, 6) is 0.850. The average molecular weight is 363 g/mol. The van der Waals surface area contributed by atoms with Gasteiger partial charge in [0, 0.05) is 16.2 Å². The molecule has 3 nitrogen and oxygen atoms in total. The van der Waals surface area contributed by atoms with Gasteiger partial charge in [-0.15, -0.1) is 11.6 Å². The van der Waals surface area contributed by atoms with Gasteiger partial charge in [-0.1, -0.05) is 25.5 Å². The van der Waals surface area contributed by atoms with Crippen molar-refractivity contribution in [1.29, 1.82) is 0 Å². The average Bonchev–Trinajstić information content (AvgIpc) is 2.82. The Morgan fingerprint density at radius 2 is 1.92 bits per heavy atom. The maximum Gasteiger partial charge on any atom is 0.178 e. The van der Waals surface area contributed by atoms with Gasteiger partial charge in [-0.05, 0) is 68.9 Å². The highest BCUT2D eigenvalue weighted by Gasteiger charge is 2.66. The van der Waals surface area contributed by atoms with Crippen LogP contribution in [-0.4, -0.2) is 27.7 Å². The van der Waals surface area contributed by atoms with Gasteiger partial charge in [0.1, 0.15) is 5.60 Å². The lowest BCUT2D eigenvalue weighted by molar-refractivity contribution is -0.158. The van der Waals surface area contributed by atoms with Crippen LogP contribution in [-0.2, 0) is 9.59 Å². The van der Waals surface area contributed by atoms with Crippen LogP contribution in [0.3, 0.4) is 0 Å². The van der Waals surface area contributed by atoms with E-state index in [9.17, 15) is 14.7 Å². The number of hydrogen-bond donors (Lipinski definition) is 1. The molecule has 0 aliphatic heterocycles. The fraction of sp³-hybridized carbons (Fsp3) is 0.714. The van der Waals surface area contributed by atoms with Crippen LogP contribution in [0.1, 0.15) is 52.9 Å². The first-order chi connectivity index (χ1) is 11.6. The van der Waals surface area contributed by atoms with E-state index in [2.05, 4.69) is 19.9 Å². The maximum atomic E-state index is 12.3. The van der Waals surface area contributed by atoms with E-state index in [0.29, 0.717) is 12.3 Å². The van der Waals surface area contributed by atoms with E-state index in [1.54, 1.807) is 12.2 Å². The number of allylic oxidation sites excluding steroid dienone is 4. The minimum Gasteiger partial charge on any atom is -0.382 e. The van der Waals surface area contributed by atoms with Gasteiger partial charge in [-0.3, -0.25) is 9.59 Å². The molecule has 3 saturated carbocycles. The number of Topliss-reactive ketones (excluding diaryl/α,β-unsaturated/α-hetero) is 1. The van der Waals surface area contributed by atoms with Crippen molar-refractivity contribution in [1.82, 2.24) is 0 Å². The molecule has 7 atom stereocenters. The zero-order valence-electron chi connectivity index (χ0n) is 15.2. The standard InChI is InChI=1S/C21H27ClO3/c1-12(23)21(25)9-6-16-18-15(5-8-20(16,21)3)19(2)7-4-14(24)10-13(19)11-17(18)22/h4,7,10,15-18,25H,5-6,8-9,11H2,1-3H3/t15-,16-,17+,18+,19-,20-,21-/m0/s1. The Balaban J connectivity index is 1.76. The zero-order chi connectivity index (χ0) is 18.2. The predicted molar refractivity (Wildman–Crippen MR) is 97.3 cm³/mol. The summed E-state index contributed by atoms with van der Waals surface area (Å²) in [5, 5.41) is 11.1. The van der Waals surface area contributed by atoms with E-state index in [1.165, 1.54) is 6.92 Å². The van der Waals surface area contributed by atoms with Crippen molar-refractivity contribution in [3.8, 4) is 0 Å². The molecule has 0 radical (unpaired) electrons. The van der Waals surface area contributed by atoms with Gasteiger partial charge in [-0.2, -0.15) is 0 Å². The van der Waals surface area contributed by atoms with Crippen LogP contribution in [0.2, 0.25) is 0 Å². The van der Waals surface area contributed by atoms with Crippen molar-refractivity contribution in [2.45, 2.75) is 63.9 Å². The summed E-state index contributed by atoms with van der Waals surface area (Å²) in [6.45, 7) is 5.85. The van der Waals surface area contributed by atoms with E-state index >= 15 is 0 Å². The minimum atomic E-state index is -1.21. The third-order valence-electron chi connectivity index (χ3n) is 8.27. The van der Waals surface area contributed by atoms with Gasteiger partial charge in [0.05, 0.1) is 0 Å². The van der Waals surface area contributed by atoms with Crippen LogP contribution in [0.4, 0.5) is 0 Å². The maximum absolute atomic E-state index is 12.3. The van der Waals surface area contributed by atoms with Crippen molar-refractivity contribution in [2.75, 3.05) is 0 Å². The smallest absolute Gasteiger partial charge is 0.178 e. The normalized spacial score (nSPS) is 51.4. The molecule has 0 amide bonds. The first-order valence-corrected chi connectivity index (χ1v) is 9.89. The van der Waals surface area contributed by atoms with Gasteiger partial charge in [0.15, 0.2) is 11.6 Å². The highest BCUT2D eigenvalue weighted by atomic mass is 35.5. The van der Waals surface area contributed by atoms with E-state index < -0.39 is 5.60 Å². The molecule has 4 heteroatoms. The summed E-state index contributed by atoms with van der Waals surface area (Å²) < 4.78 is 0. The fourth-order valence-electron chi connectivity index (χ4n) is 6.72. The van der Waals surface area contributed by atoms with Crippen LogP contribution in [0.15, 0.2) is 23.8 Å². The van der Waals surface area contributed by atoms with Crippen molar-refractivity contribution < 1.29 is 14.7 Å². The third-order valence-corrected chi connectivity index (χ3v) is 8.72. The quantitative estimate of drug-likeness (QED) is 0.721. The highest BCUT2D eigenvalue weighted by Crippen LogP contribution is 2.67. The van der Waals surface area contributed by atoms with Crippen LogP contribution >= 0.6 is 11.6 Å². The SMILES string of the molecule is CC(=O)[C@@]1(O)CC[C@H]2[C@@H]3[C@H](Cl)CC4=CC(=O)C=C[C@]4(C)[C@H]3CC[C@@]21C. The summed E-state index contributed by atoms with van der Waals surface area (Å²) in [7, 11) is 0. The molecule has 0 saturated heterocycles. The monoisotopic (exact) mass is 362 g/mol. The van der Waals surface area contributed by atoms with Crippen molar-refractivity contribution in [3.63, 3.8) is 0 Å². The van der Waals surface area contributed by atoms with Crippen molar-refractivity contribution >= 4 is 23.2 Å². The number of hydrogen-bond acceptors (Lipinski definition) is 3. The number of carbonyl (C=O) groups excluding carboxylic acids is 2. The summed E-state index contributed by atoms with van der Waals surface area (Å²) in [6, 6.07) is 0. The summed E-state index contributed by atoms with van der Waals surface area (Å²) >= 11 is 6.88. The van der Waals surface area contributed by atoms with E-state index in [0.717, 1.165) is 31.3 Å². The predicted octanol–water partition coefficient (Wildman–Crippen LogP) is 3.83. The van der Waals surface area contributed by atoms with Gasteiger partial charge < -0.3 is 5.11 Å². The lowest BCUT2D eigenvalue weighted by Gasteiger charge is -2.59. The first-order valence-electron chi connectivity index (χ1n) is 9.45. The second-order valence-corrected chi connectivity index (χ2v) is 9.67. The first kappa shape index (κ1) is 17.5. The largest absolute Gasteiger partial charge is 0.382 e. The molecule has 136 valence electrons. The van der Waals surface area contributed by atoms with Crippen LogP contribution in [0.5, 0.6) is 0 Å². The molecule has 0 heterocycles. The molecule has 0 aromatic heterocycles. The number of alkyl halides is 1. The van der Waals surface area contributed by atoms with Gasteiger partial charge in [-0.25, -0.2) is 0 Å². The molecule has 0 bridgehead atoms. The number of ketones is 2. The fourth-order valence-corrected chi connectivity index (χ4v) is 7.24. The lowest BCUT2D eigenvalue weighted by atomic mass is 9.47. The third kappa shape index (κ3) is 2.09. The van der Waals surface area contributed by atoms with Crippen LogP contribution in [0.25, 0.3) is 0 Å². The summed E-state index contributed by atoms with van der Waals surface area (Å²) in [4.78, 5) is 24.1. The molecule has 0 aromatic carbocycles. The Morgan fingerprint density at radius 3 is 2.60 bits per heavy atom. The highest BCUT2D eigenvalue weighted by molar-refractivity contribution is 6.21. The number of fused-ring (bicyclic) bond motifs is 5.